The molecule has 0 aromatic heterocycles. The average Bonchev–Trinajstić information content (AvgIpc) is 2.22. The topological polar surface area (TPSA) is 75.6 Å². The smallest absolute Gasteiger partial charge is 0.412 e. The molecule has 0 saturated carbocycles. The number of phenols is 1. The average molecular weight is 251 g/mol. The van der Waals surface area contributed by atoms with E-state index in [-0.39, 0.29) is 17.0 Å². The van der Waals surface area contributed by atoms with E-state index in [2.05, 4.69) is 5.32 Å². The van der Waals surface area contributed by atoms with Gasteiger partial charge in [0.2, 0.25) is 0 Å². The summed E-state index contributed by atoms with van der Waals surface area (Å²) < 4.78 is 5.06. The van der Waals surface area contributed by atoms with Gasteiger partial charge in [-0.25, -0.2) is 4.79 Å². The largest absolute Gasteiger partial charge is 0.505 e. The number of aromatic hydroxyl groups is 1. The SMILES string of the molecule is Cc1ccc(C=O)c(NC(=O)OC(C)(C)C)c1O. The normalized spacial score (nSPS) is 10.9. The predicted octanol–water partition coefficient (Wildman–Crippen LogP) is 2.86. The molecule has 5 heteroatoms. The molecule has 1 aromatic carbocycles. The molecule has 0 fully saturated rings. The summed E-state index contributed by atoms with van der Waals surface area (Å²) in [5.41, 5.74) is 0.181. The van der Waals surface area contributed by atoms with Gasteiger partial charge in [0.25, 0.3) is 0 Å². The molecule has 5 nitrogen and oxygen atoms in total. The first-order chi connectivity index (χ1) is 8.24. The van der Waals surface area contributed by atoms with Crippen LogP contribution in [0, 0.1) is 6.92 Å². The summed E-state index contributed by atoms with van der Waals surface area (Å²) in [7, 11) is 0. The third-order valence-electron chi connectivity index (χ3n) is 2.16. The molecular weight excluding hydrogens is 234 g/mol. The molecule has 0 aliphatic heterocycles. The van der Waals surface area contributed by atoms with Gasteiger partial charge in [0.05, 0.1) is 5.69 Å². The highest BCUT2D eigenvalue weighted by Crippen LogP contribution is 2.30. The highest BCUT2D eigenvalue weighted by molar-refractivity contribution is 5.96. The number of phenolic OH excluding ortho intramolecular Hbond substituents is 1. The molecule has 1 rings (SSSR count). The van der Waals surface area contributed by atoms with Crippen LogP contribution in [0.4, 0.5) is 10.5 Å². The standard InChI is InChI=1S/C13H17NO4/c1-8-5-6-9(7-15)10(11(8)16)14-12(17)18-13(2,3)4/h5-7,16H,1-4H3,(H,14,17). The molecule has 98 valence electrons. The van der Waals surface area contributed by atoms with Crippen LogP contribution in [0.25, 0.3) is 0 Å². The first-order valence-electron chi connectivity index (χ1n) is 5.52. The van der Waals surface area contributed by atoms with Crippen molar-refractivity contribution in [3.8, 4) is 5.75 Å². The van der Waals surface area contributed by atoms with Crippen molar-refractivity contribution < 1.29 is 19.4 Å². The molecule has 0 spiro atoms. The number of rotatable bonds is 2. The van der Waals surface area contributed by atoms with E-state index in [0.29, 0.717) is 11.8 Å². The molecule has 2 N–H and O–H groups in total. The van der Waals surface area contributed by atoms with Crippen LogP contribution >= 0.6 is 0 Å². The van der Waals surface area contributed by atoms with Crippen LogP contribution < -0.4 is 5.32 Å². The number of nitrogens with one attached hydrogen (secondary N) is 1. The van der Waals surface area contributed by atoms with Crippen LogP contribution in [0.2, 0.25) is 0 Å². The van der Waals surface area contributed by atoms with Gasteiger partial charge in [-0.3, -0.25) is 10.1 Å². The van der Waals surface area contributed by atoms with Crippen molar-refractivity contribution in [1.29, 1.82) is 0 Å². The summed E-state index contributed by atoms with van der Waals surface area (Å²) in [5.74, 6) is -0.134. The summed E-state index contributed by atoms with van der Waals surface area (Å²) in [4.78, 5) is 22.5. The van der Waals surface area contributed by atoms with Crippen molar-refractivity contribution in [2.75, 3.05) is 5.32 Å². The fourth-order valence-corrected chi connectivity index (χ4v) is 1.35. The molecule has 0 heterocycles. The Morgan fingerprint density at radius 3 is 2.50 bits per heavy atom. The molecule has 0 aliphatic carbocycles. The number of benzene rings is 1. The Balaban J connectivity index is 3.00. The van der Waals surface area contributed by atoms with Crippen LogP contribution in [0.15, 0.2) is 12.1 Å². The number of carbonyl (C=O) groups excluding carboxylic acids is 2. The van der Waals surface area contributed by atoms with Crippen LogP contribution in [-0.2, 0) is 4.74 Å². The van der Waals surface area contributed by atoms with Crippen molar-refractivity contribution in [2.24, 2.45) is 0 Å². The van der Waals surface area contributed by atoms with E-state index in [4.69, 9.17) is 4.74 Å². The van der Waals surface area contributed by atoms with Gasteiger partial charge in [-0.2, -0.15) is 0 Å². The van der Waals surface area contributed by atoms with E-state index in [1.165, 1.54) is 6.07 Å². The monoisotopic (exact) mass is 251 g/mol. The number of aldehydes is 1. The van der Waals surface area contributed by atoms with Gasteiger partial charge in [-0.1, -0.05) is 6.07 Å². The van der Waals surface area contributed by atoms with Gasteiger partial charge < -0.3 is 9.84 Å². The highest BCUT2D eigenvalue weighted by atomic mass is 16.6. The Kier molecular flexibility index (Phi) is 3.96. The zero-order chi connectivity index (χ0) is 13.9. The van der Waals surface area contributed by atoms with Crippen LogP contribution in [-0.4, -0.2) is 23.1 Å². The van der Waals surface area contributed by atoms with E-state index in [9.17, 15) is 14.7 Å². The molecule has 0 bridgehead atoms. The first kappa shape index (κ1) is 14.0. The molecule has 1 aromatic rings. The number of anilines is 1. The third-order valence-corrected chi connectivity index (χ3v) is 2.16. The number of ether oxygens (including phenoxy) is 1. The van der Waals surface area contributed by atoms with Crippen LogP contribution in [0.3, 0.4) is 0 Å². The lowest BCUT2D eigenvalue weighted by molar-refractivity contribution is 0.0635. The van der Waals surface area contributed by atoms with Crippen molar-refractivity contribution in [1.82, 2.24) is 0 Å². The van der Waals surface area contributed by atoms with Gasteiger partial charge in [-0.05, 0) is 39.3 Å². The van der Waals surface area contributed by atoms with E-state index in [0.717, 1.165) is 0 Å². The fraction of sp³-hybridized carbons (Fsp3) is 0.385. The molecule has 0 unspecified atom stereocenters. The lowest BCUT2D eigenvalue weighted by Crippen LogP contribution is -2.27. The van der Waals surface area contributed by atoms with E-state index < -0.39 is 11.7 Å². The van der Waals surface area contributed by atoms with E-state index in [1.807, 2.05) is 0 Å². The van der Waals surface area contributed by atoms with Gasteiger partial charge >= 0.3 is 6.09 Å². The summed E-state index contributed by atoms with van der Waals surface area (Å²) in [6.45, 7) is 6.85. The Morgan fingerprint density at radius 2 is 2.00 bits per heavy atom. The lowest BCUT2D eigenvalue weighted by atomic mass is 10.1. The van der Waals surface area contributed by atoms with Crippen molar-refractivity contribution in [2.45, 2.75) is 33.3 Å². The molecule has 0 atom stereocenters. The second kappa shape index (κ2) is 5.08. The Labute approximate surface area is 106 Å². The number of hydrogen-bond donors (Lipinski definition) is 2. The molecular formula is C13H17NO4. The second-order valence-corrected chi connectivity index (χ2v) is 4.94. The number of aryl methyl sites for hydroxylation is 1. The zero-order valence-corrected chi connectivity index (χ0v) is 10.9. The van der Waals surface area contributed by atoms with Gasteiger partial charge in [0.1, 0.15) is 11.4 Å². The minimum Gasteiger partial charge on any atom is -0.505 e. The van der Waals surface area contributed by atoms with Crippen molar-refractivity contribution >= 4 is 18.1 Å². The molecule has 1 amide bonds. The van der Waals surface area contributed by atoms with E-state index in [1.54, 1.807) is 33.8 Å². The first-order valence-corrected chi connectivity index (χ1v) is 5.52. The summed E-state index contributed by atoms with van der Waals surface area (Å²) in [6.07, 6.45) is -0.155. The maximum Gasteiger partial charge on any atom is 0.412 e. The lowest BCUT2D eigenvalue weighted by Gasteiger charge is -2.20. The third kappa shape index (κ3) is 3.48. The van der Waals surface area contributed by atoms with Gasteiger partial charge in [-0.15, -0.1) is 0 Å². The highest BCUT2D eigenvalue weighted by Gasteiger charge is 2.19. The predicted molar refractivity (Wildman–Crippen MR) is 68.1 cm³/mol. The number of carbonyl (C=O) groups is 2. The Bertz CT molecular complexity index is 475. The summed E-state index contributed by atoms with van der Waals surface area (Å²) in [5, 5.41) is 12.2. The van der Waals surface area contributed by atoms with Crippen molar-refractivity contribution in [3.05, 3.63) is 23.3 Å². The van der Waals surface area contributed by atoms with Crippen LogP contribution in [0.1, 0.15) is 36.7 Å². The maximum absolute atomic E-state index is 11.6. The van der Waals surface area contributed by atoms with Gasteiger partial charge in [0.15, 0.2) is 6.29 Å². The summed E-state index contributed by atoms with van der Waals surface area (Å²) in [6, 6.07) is 3.12. The van der Waals surface area contributed by atoms with Crippen LogP contribution in [0.5, 0.6) is 5.75 Å². The summed E-state index contributed by atoms with van der Waals surface area (Å²) >= 11 is 0. The second-order valence-electron chi connectivity index (χ2n) is 4.94. The molecule has 18 heavy (non-hydrogen) atoms. The minimum absolute atomic E-state index is 0.0688. The molecule has 0 radical (unpaired) electrons. The Morgan fingerprint density at radius 1 is 1.39 bits per heavy atom. The number of amides is 1. The minimum atomic E-state index is -0.716. The molecule has 0 saturated heterocycles. The quantitative estimate of drug-likeness (QED) is 0.626. The number of hydrogen-bond acceptors (Lipinski definition) is 4. The zero-order valence-electron chi connectivity index (χ0n) is 10.9. The molecule has 0 aliphatic rings. The van der Waals surface area contributed by atoms with E-state index >= 15 is 0 Å². The van der Waals surface area contributed by atoms with Crippen molar-refractivity contribution in [3.63, 3.8) is 0 Å². The maximum atomic E-state index is 11.6. The van der Waals surface area contributed by atoms with Gasteiger partial charge in [0, 0.05) is 5.56 Å². The fourth-order valence-electron chi connectivity index (χ4n) is 1.35. The Hall–Kier alpha value is -2.04.